The topological polar surface area (TPSA) is 52.6 Å². The van der Waals surface area contributed by atoms with E-state index in [9.17, 15) is 4.79 Å². The van der Waals surface area contributed by atoms with Crippen LogP contribution in [0.2, 0.25) is 0 Å². The van der Waals surface area contributed by atoms with E-state index in [1.807, 2.05) is 6.92 Å². The highest BCUT2D eigenvalue weighted by molar-refractivity contribution is 5.73. The molecule has 1 rings (SSSR count). The van der Waals surface area contributed by atoms with Crippen LogP contribution in [-0.4, -0.2) is 48.2 Å². The Hall–Kier alpha value is -0.610. The second-order valence-corrected chi connectivity index (χ2v) is 4.43. The van der Waals surface area contributed by atoms with Crippen LogP contribution in [0, 0.1) is 5.92 Å². The number of carboxylic acid groups (broad SMARTS) is 1. The zero-order valence-electron chi connectivity index (χ0n) is 9.70. The quantitative estimate of drug-likeness (QED) is 0.710. The van der Waals surface area contributed by atoms with E-state index in [0.29, 0.717) is 13.1 Å². The number of hydrogen-bond donors (Lipinski definition) is 2. The lowest BCUT2D eigenvalue weighted by Gasteiger charge is -2.32. The first kappa shape index (κ1) is 12.5. The first-order valence-electron chi connectivity index (χ1n) is 5.82. The molecule has 1 fully saturated rings. The van der Waals surface area contributed by atoms with Crippen molar-refractivity contribution in [2.75, 3.05) is 26.2 Å². The van der Waals surface area contributed by atoms with Crippen LogP contribution in [0.3, 0.4) is 0 Å². The van der Waals surface area contributed by atoms with Crippen LogP contribution in [0.5, 0.6) is 0 Å². The standard InChI is InChI=1S/C11H22N2O2/c1-3-12-10(11(14)15)8-13-6-4-9(2)5-7-13/h9-10,12H,3-8H2,1-2H3,(H,14,15). The molecule has 1 aliphatic heterocycles. The molecule has 4 nitrogen and oxygen atoms in total. The largest absolute Gasteiger partial charge is 0.480 e. The van der Waals surface area contributed by atoms with Gasteiger partial charge in [-0.3, -0.25) is 4.79 Å². The summed E-state index contributed by atoms with van der Waals surface area (Å²) in [5, 5.41) is 12.0. The van der Waals surface area contributed by atoms with Gasteiger partial charge in [0, 0.05) is 6.54 Å². The number of likely N-dealkylation sites (N-methyl/N-ethyl adjacent to an activating group) is 1. The summed E-state index contributed by atoms with van der Waals surface area (Å²) in [6.45, 7) is 7.62. The number of hydrogen-bond acceptors (Lipinski definition) is 3. The molecular formula is C11H22N2O2. The first-order valence-corrected chi connectivity index (χ1v) is 5.82. The fourth-order valence-electron chi connectivity index (χ4n) is 1.98. The predicted octanol–water partition coefficient (Wildman–Crippen LogP) is 0.781. The molecule has 0 aromatic heterocycles. The van der Waals surface area contributed by atoms with Crippen LogP contribution < -0.4 is 5.32 Å². The number of nitrogens with zero attached hydrogens (tertiary/aromatic N) is 1. The predicted molar refractivity (Wildman–Crippen MR) is 59.9 cm³/mol. The summed E-state index contributed by atoms with van der Waals surface area (Å²) in [7, 11) is 0. The number of piperidine rings is 1. The second kappa shape index (κ2) is 6.08. The Morgan fingerprint density at radius 1 is 1.53 bits per heavy atom. The van der Waals surface area contributed by atoms with Crippen LogP contribution >= 0.6 is 0 Å². The first-order chi connectivity index (χ1) is 7.13. The minimum absolute atomic E-state index is 0.414. The van der Waals surface area contributed by atoms with Crippen molar-refractivity contribution >= 4 is 5.97 Å². The van der Waals surface area contributed by atoms with Crippen LogP contribution in [-0.2, 0) is 4.79 Å². The van der Waals surface area contributed by atoms with Gasteiger partial charge < -0.3 is 15.3 Å². The van der Waals surface area contributed by atoms with Crippen LogP contribution in [0.1, 0.15) is 26.7 Å². The zero-order chi connectivity index (χ0) is 11.3. The molecule has 0 aromatic carbocycles. The Kier molecular flexibility index (Phi) is 5.05. The maximum absolute atomic E-state index is 10.9. The number of carbonyl (C=O) groups is 1. The number of likely N-dealkylation sites (tertiary alicyclic amines) is 1. The van der Waals surface area contributed by atoms with E-state index in [1.54, 1.807) is 0 Å². The highest BCUT2D eigenvalue weighted by Gasteiger charge is 2.22. The number of rotatable bonds is 5. The number of carboxylic acids is 1. The van der Waals surface area contributed by atoms with Gasteiger partial charge in [0.05, 0.1) is 0 Å². The Bertz CT molecular complexity index is 201. The summed E-state index contributed by atoms with van der Waals surface area (Å²) < 4.78 is 0. The van der Waals surface area contributed by atoms with Crippen molar-refractivity contribution in [2.24, 2.45) is 5.92 Å². The molecule has 0 aliphatic carbocycles. The minimum atomic E-state index is -0.740. The molecule has 1 heterocycles. The molecule has 2 N–H and O–H groups in total. The van der Waals surface area contributed by atoms with E-state index >= 15 is 0 Å². The summed E-state index contributed by atoms with van der Waals surface area (Å²) in [4.78, 5) is 13.2. The van der Waals surface area contributed by atoms with Crippen LogP contribution in [0.4, 0.5) is 0 Å². The van der Waals surface area contributed by atoms with E-state index in [0.717, 1.165) is 19.0 Å². The molecule has 4 heteroatoms. The molecule has 0 spiro atoms. The van der Waals surface area contributed by atoms with Crippen LogP contribution in [0.25, 0.3) is 0 Å². The average molecular weight is 214 g/mol. The third-order valence-corrected chi connectivity index (χ3v) is 3.07. The van der Waals surface area contributed by atoms with Gasteiger partial charge >= 0.3 is 5.97 Å². The lowest BCUT2D eigenvalue weighted by Crippen LogP contribution is -2.48. The van der Waals surface area contributed by atoms with Crippen molar-refractivity contribution < 1.29 is 9.90 Å². The summed E-state index contributed by atoms with van der Waals surface area (Å²) in [5.74, 6) is 0.0548. The summed E-state index contributed by atoms with van der Waals surface area (Å²) >= 11 is 0. The van der Waals surface area contributed by atoms with E-state index in [1.165, 1.54) is 12.8 Å². The molecule has 0 saturated carbocycles. The normalized spacial score (nSPS) is 21.5. The highest BCUT2D eigenvalue weighted by Crippen LogP contribution is 2.15. The fourth-order valence-corrected chi connectivity index (χ4v) is 1.98. The Morgan fingerprint density at radius 2 is 2.13 bits per heavy atom. The zero-order valence-corrected chi connectivity index (χ0v) is 9.70. The van der Waals surface area contributed by atoms with Crippen molar-refractivity contribution in [1.82, 2.24) is 10.2 Å². The van der Waals surface area contributed by atoms with Gasteiger partial charge in [-0.2, -0.15) is 0 Å². The summed E-state index contributed by atoms with van der Waals surface area (Å²) in [5.41, 5.74) is 0. The maximum atomic E-state index is 10.9. The van der Waals surface area contributed by atoms with Crippen molar-refractivity contribution in [3.63, 3.8) is 0 Å². The molecule has 1 saturated heterocycles. The molecule has 0 radical (unpaired) electrons. The van der Waals surface area contributed by atoms with Gasteiger partial charge in [-0.05, 0) is 38.4 Å². The third kappa shape index (κ3) is 4.18. The molecule has 1 unspecified atom stereocenters. The van der Waals surface area contributed by atoms with E-state index in [2.05, 4.69) is 17.1 Å². The van der Waals surface area contributed by atoms with Crippen LogP contribution in [0.15, 0.2) is 0 Å². The monoisotopic (exact) mass is 214 g/mol. The maximum Gasteiger partial charge on any atom is 0.322 e. The van der Waals surface area contributed by atoms with E-state index < -0.39 is 12.0 Å². The lowest BCUT2D eigenvalue weighted by molar-refractivity contribution is -0.140. The smallest absolute Gasteiger partial charge is 0.322 e. The Labute approximate surface area is 91.6 Å². The molecule has 0 amide bonds. The van der Waals surface area contributed by atoms with Gasteiger partial charge in [-0.25, -0.2) is 0 Å². The SMILES string of the molecule is CCNC(CN1CCC(C)CC1)C(=O)O. The second-order valence-electron chi connectivity index (χ2n) is 4.43. The molecule has 1 aliphatic rings. The van der Waals surface area contributed by atoms with E-state index in [4.69, 9.17) is 5.11 Å². The molecule has 88 valence electrons. The molecule has 0 bridgehead atoms. The minimum Gasteiger partial charge on any atom is -0.480 e. The van der Waals surface area contributed by atoms with Gasteiger partial charge in [0.2, 0.25) is 0 Å². The van der Waals surface area contributed by atoms with Crippen molar-refractivity contribution in [1.29, 1.82) is 0 Å². The Balaban J connectivity index is 2.34. The fraction of sp³-hybridized carbons (Fsp3) is 0.909. The van der Waals surface area contributed by atoms with Gasteiger partial charge in [0.25, 0.3) is 0 Å². The third-order valence-electron chi connectivity index (χ3n) is 3.07. The van der Waals surface area contributed by atoms with Gasteiger partial charge in [-0.1, -0.05) is 13.8 Å². The summed E-state index contributed by atoms with van der Waals surface area (Å²) in [6.07, 6.45) is 2.39. The average Bonchev–Trinajstić information content (AvgIpc) is 2.20. The highest BCUT2D eigenvalue weighted by atomic mass is 16.4. The van der Waals surface area contributed by atoms with Gasteiger partial charge in [-0.15, -0.1) is 0 Å². The molecule has 0 aromatic rings. The van der Waals surface area contributed by atoms with Crippen molar-refractivity contribution in [2.45, 2.75) is 32.7 Å². The molecule has 1 atom stereocenters. The van der Waals surface area contributed by atoms with Crippen molar-refractivity contribution in [3.05, 3.63) is 0 Å². The lowest BCUT2D eigenvalue weighted by atomic mass is 9.99. The molecule has 15 heavy (non-hydrogen) atoms. The van der Waals surface area contributed by atoms with Crippen molar-refractivity contribution in [3.8, 4) is 0 Å². The number of aliphatic carboxylic acids is 1. The Morgan fingerprint density at radius 3 is 2.60 bits per heavy atom. The van der Waals surface area contributed by atoms with Gasteiger partial charge in [0.15, 0.2) is 0 Å². The number of nitrogens with one attached hydrogen (secondary N) is 1. The van der Waals surface area contributed by atoms with Gasteiger partial charge in [0.1, 0.15) is 6.04 Å². The van der Waals surface area contributed by atoms with E-state index in [-0.39, 0.29) is 0 Å². The summed E-state index contributed by atoms with van der Waals surface area (Å²) in [6, 6.07) is -0.414. The molecular weight excluding hydrogens is 192 g/mol.